The van der Waals surface area contributed by atoms with Crippen LogP contribution in [0.25, 0.3) is 0 Å². The van der Waals surface area contributed by atoms with Gasteiger partial charge >= 0.3 is 6.03 Å². The maximum atomic E-state index is 11.6. The van der Waals surface area contributed by atoms with Gasteiger partial charge in [0.1, 0.15) is 0 Å². The number of Topliss-reactive ketones (excluding diaryl/α,β-unsaturated/α-hetero) is 1. The van der Waals surface area contributed by atoms with Crippen molar-refractivity contribution in [3.8, 4) is 0 Å². The minimum absolute atomic E-state index is 0.0106. The molecule has 5 nitrogen and oxygen atoms in total. The van der Waals surface area contributed by atoms with Crippen molar-refractivity contribution >= 4 is 17.5 Å². The molecule has 1 aromatic carbocycles. The first-order chi connectivity index (χ1) is 9.06. The molecule has 2 rings (SSSR count). The number of nitrogens with one attached hydrogen (secondary N) is 2. The summed E-state index contributed by atoms with van der Waals surface area (Å²) in [6.45, 7) is 1.76. The number of anilines is 1. The molecule has 0 aliphatic heterocycles. The second-order valence-electron chi connectivity index (χ2n) is 4.87. The minimum atomic E-state index is -0.453. The normalized spacial score (nSPS) is 15.7. The van der Waals surface area contributed by atoms with E-state index in [4.69, 9.17) is 0 Å². The highest BCUT2D eigenvalue weighted by atomic mass is 16.3. The number of carbonyl (C=O) groups excluding carboxylic acids is 2. The molecule has 0 radical (unpaired) electrons. The number of hydrogen-bond donors (Lipinski definition) is 3. The van der Waals surface area contributed by atoms with E-state index < -0.39 is 6.10 Å². The molecule has 2 amide bonds. The zero-order valence-electron chi connectivity index (χ0n) is 10.8. The molecule has 0 bridgehead atoms. The van der Waals surface area contributed by atoms with Crippen molar-refractivity contribution < 1.29 is 14.7 Å². The number of carbonyl (C=O) groups is 2. The van der Waals surface area contributed by atoms with Crippen molar-refractivity contribution in [3.63, 3.8) is 0 Å². The second-order valence-corrected chi connectivity index (χ2v) is 4.87. The average molecular weight is 262 g/mol. The molecule has 0 spiro atoms. The number of aliphatic hydroxyl groups is 1. The van der Waals surface area contributed by atoms with E-state index in [2.05, 4.69) is 10.6 Å². The van der Waals surface area contributed by atoms with Gasteiger partial charge in [0.25, 0.3) is 0 Å². The summed E-state index contributed by atoms with van der Waals surface area (Å²) in [4.78, 5) is 22.7. The van der Waals surface area contributed by atoms with Crippen molar-refractivity contribution in [2.45, 2.75) is 25.9 Å². The monoisotopic (exact) mass is 262 g/mol. The van der Waals surface area contributed by atoms with Crippen LogP contribution in [0.5, 0.6) is 0 Å². The zero-order chi connectivity index (χ0) is 13.8. The predicted molar refractivity (Wildman–Crippen MR) is 72.2 cm³/mol. The van der Waals surface area contributed by atoms with Crippen molar-refractivity contribution in [2.75, 3.05) is 11.9 Å². The standard InChI is InChI=1S/C14H18N2O3/c1-9(17)10-4-6-12(7-5-10)16-14(19)15-8-13(18)11-2-3-11/h4-7,11,13,18H,2-3,8H2,1H3,(H2,15,16,19). The lowest BCUT2D eigenvalue weighted by atomic mass is 10.1. The zero-order valence-corrected chi connectivity index (χ0v) is 10.8. The van der Waals surface area contributed by atoms with E-state index in [1.165, 1.54) is 6.92 Å². The highest BCUT2D eigenvalue weighted by Gasteiger charge is 2.29. The molecule has 1 aliphatic rings. The van der Waals surface area contributed by atoms with Gasteiger partial charge in [-0.15, -0.1) is 0 Å². The van der Waals surface area contributed by atoms with Gasteiger partial charge in [0.2, 0.25) is 0 Å². The van der Waals surface area contributed by atoms with Crippen LogP contribution in [0.1, 0.15) is 30.1 Å². The molecule has 0 saturated heterocycles. The maximum Gasteiger partial charge on any atom is 0.319 e. The van der Waals surface area contributed by atoms with Crippen LogP contribution in [0.4, 0.5) is 10.5 Å². The molecule has 0 aromatic heterocycles. The lowest BCUT2D eigenvalue weighted by Crippen LogP contribution is -2.36. The number of ketones is 1. The van der Waals surface area contributed by atoms with E-state index >= 15 is 0 Å². The van der Waals surface area contributed by atoms with E-state index in [9.17, 15) is 14.7 Å². The van der Waals surface area contributed by atoms with Crippen LogP contribution in [0.15, 0.2) is 24.3 Å². The van der Waals surface area contributed by atoms with Gasteiger partial charge in [0.15, 0.2) is 5.78 Å². The van der Waals surface area contributed by atoms with Crippen LogP contribution in [0, 0.1) is 5.92 Å². The number of aliphatic hydroxyl groups excluding tert-OH is 1. The van der Waals surface area contributed by atoms with Crippen LogP contribution in [0.2, 0.25) is 0 Å². The SMILES string of the molecule is CC(=O)c1ccc(NC(=O)NCC(O)C2CC2)cc1. The van der Waals surface area contributed by atoms with Crippen LogP contribution < -0.4 is 10.6 Å². The third-order valence-electron chi connectivity index (χ3n) is 3.19. The van der Waals surface area contributed by atoms with Crippen LogP contribution in [-0.2, 0) is 0 Å². The van der Waals surface area contributed by atoms with Crippen molar-refractivity contribution in [3.05, 3.63) is 29.8 Å². The fourth-order valence-corrected chi connectivity index (χ4v) is 1.81. The number of benzene rings is 1. The Kier molecular flexibility index (Phi) is 4.16. The van der Waals surface area contributed by atoms with Gasteiger partial charge < -0.3 is 15.7 Å². The first-order valence-corrected chi connectivity index (χ1v) is 6.40. The first-order valence-electron chi connectivity index (χ1n) is 6.40. The number of rotatable bonds is 5. The van der Waals surface area contributed by atoms with Crippen molar-refractivity contribution in [1.82, 2.24) is 5.32 Å². The molecule has 19 heavy (non-hydrogen) atoms. The Labute approximate surface area is 112 Å². The summed E-state index contributed by atoms with van der Waals surface area (Å²) in [6, 6.07) is 6.32. The molecule has 1 aromatic rings. The second kappa shape index (κ2) is 5.84. The van der Waals surface area contributed by atoms with E-state index in [-0.39, 0.29) is 18.4 Å². The molecule has 1 aliphatic carbocycles. The van der Waals surface area contributed by atoms with Crippen LogP contribution in [0.3, 0.4) is 0 Å². The van der Waals surface area contributed by atoms with Gasteiger partial charge in [-0.3, -0.25) is 4.79 Å². The Morgan fingerprint density at radius 2 is 1.95 bits per heavy atom. The highest BCUT2D eigenvalue weighted by molar-refractivity contribution is 5.95. The first kappa shape index (κ1) is 13.5. The third-order valence-corrected chi connectivity index (χ3v) is 3.19. The van der Waals surface area contributed by atoms with Crippen molar-refractivity contribution in [2.24, 2.45) is 5.92 Å². The minimum Gasteiger partial charge on any atom is -0.391 e. The van der Waals surface area contributed by atoms with Gasteiger partial charge in [0, 0.05) is 17.8 Å². The fourth-order valence-electron chi connectivity index (χ4n) is 1.81. The molecule has 0 heterocycles. The van der Waals surface area contributed by atoms with Gasteiger partial charge in [-0.1, -0.05) is 0 Å². The smallest absolute Gasteiger partial charge is 0.319 e. The van der Waals surface area contributed by atoms with E-state index in [0.717, 1.165) is 12.8 Å². The van der Waals surface area contributed by atoms with E-state index in [1.807, 2.05) is 0 Å². The summed E-state index contributed by atoms with van der Waals surface area (Å²) in [5.41, 5.74) is 1.22. The summed E-state index contributed by atoms with van der Waals surface area (Å²) in [5.74, 6) is 0.332. The molecule has 3 N–H and O–H groups in total. The average Bonchev–Trinajstić information content (AvgIpc) is 3.21. The van der Waals surface area contributed by atoms with Gasteiger partial charge in [-0.2, -0.15) is 0 Å². The summed E-state index contributed by atoms with van der Waals surface area (Å²) in [7, 11) is 0. The Balaban J connectivity index is 1.79. The Morgan fingerprint density at radius 1 is 1.32 bits per heavy atom. The van der Waals surface area contributed by atoms with E-state index in [1.54, 1.807) is 24.3 Å². The number of amides is 2. The molecular formula is C14H18N2O3. The van der Waals surface area contributed by atoms with Crippen LogP contribution in [-0.4, -0.2) is 29.6 Å². The van der Waals surface area contributed by atoms with E-state index in [0.29, 0.717) is 17.2 Å². The molecule has 1 atom stereocenters. The molecular weight excluding hydrogens is 244 g/mol. The lowest BCUT2D eigenvalue weighted by molar-refractivity contribution is 0.101. The van der Waals surface area contributed by atoms with Gasteiger partial charge in [0.05, 0.1) is 6.10 Å². The third kappa shape index (κ3) is 4.06. The molecule has 102 valence electrons. The summed E-state index contributed by atoms with van der Waals surface area (Å²) < 4.78 is 0. The highest BCUT2D eigenvalue weighted by Crippen LogP contribution is 2.32. The Morgan fingerprint density at radius 3 is 2.47 bits per heavy atom. The predicted octanol–water partition coefficient (Wildman–Crippen LogP) is 1.78. The summed E-state index contributed by atoms with van der Waals surface area (Å²) >= 11 is 0. The molecule has 1 fully saturated rings. The van der Waals surface area contributed by atoms with Gasteiger partial charge in [-0.25, -0.2) is 4.79 Å². The Hall–Kier alpha value is -1.88. The molecule has 5 heteroatoms. The maximum absolute atomic E-state index is 11.6. The number of hydrogen-bond acceptors (Lipinski definition) is 3. The fraction of sp³-hybridized carbons (Fsp3) is 0.429. The summed E-state index contributed by atoms with van der Waals surface area (Å²) in [6.07, 6.45) is 1.62. The molecule has 1 saturated carbocycles. The lowest BCUT2D eigenvalue weighted by Gasteiger charge is -2.11. The van der Waals surface area contributed by atoms with Crippen LogP contribution >= 0.6 is 0 Å². The largest absolute Gasteiger partial charge is 0.391 e. The van der Waals surface area contributed by atoms with Gasteiger partial charge in [-0.05, 0) is 49.9 Å². The Bertz CT molecular complexity index is 466. The topological polar surface area (TPSA) is 78.4 Å². The number of urea groups is 1. The summed E-state index contributed by atoms with van der Waals surface area (Å²) in [5, 5.41) is 14.9. The quantitative estimate of drug-likeness (QED) is 0.708. The van der Waals surface area contributed by atoms with Crippen molar-refractivity contribution in [1.29, 1.82) is 0 Å². The molecule has 1 unspecified atom stereocenters.